The van der Waals surface area contributed by atoms with E-state index in [9.17, 15) is 13.6 Å². The topological polar surface area (TPSA) is 65.8 Å². The largest absolute Gasteiger partial charge is 0.467 e. The number of fused-ring (bicyclic) bond motifs is 2. The first kappa shape index (κ1) is 20.4. The maximum atomic E-state index is 13.9. The molecule has 5 rings (SSSR count). The third-order valence-corrected chi connectivity index (χ3v) is 6.27. The van der Waals surface area contributed by atoms with E-state index >= 15 is 0 Å². The maximum absolute atomic E-state index is 13.9. The Bertz CT molecular complexity index is 1460. The van der Waals surface area contributed by atoms with Gasteiger partial charge in [-0.25, -0.2) is 9.97 Å². The Kier molecular flexibility index (Phi) is 5.26. The van der Waals surface area contributed by atoms with Crippen LogP contribution in [-0.4, -0.2) is 19.1 Å². The monoisotopic (exact) mass is 452 g/mol. The van der Waals surface area contributed by atoms with Crippen molar-refractivity contribution in [2.24, 2.45) is 0 Å². The molecule has 5 aromatic rings. The van der Waals surface area contributed by atoms with Crippen LogP contribution in [0.3, 0.4) is 0 Å². The van der Waals surface area contributed by atoms with Crippen molar-refractivity contribution in [2.75, 3.05) is 0 Å². The second-order valence-corrected chi connectivity index (χ2v) is 8.56. The van der Waals surface area contributed by atoms with E-state index in [4.69, 9.17) is 4.42 Å². The Labute approximate surface area is 185 Å². The van der Waals surface area contributed by atoms with Gasteiger partial charge in [0.05, 0.1) is 40.0 Å². The van der Waals surface area contributed by atoms with Gasteiger partial charge in [0.2, 0.25) is 0 Å². The molecule has 1 unspecified atom stereocenters. The van der Waals surface area contributed by atoms with Gasteiger partial charge >= 0.3 is 6.55 Å². The Morgan fingerprint density at radius 2 is 1.75 bits per heavy atom. The van der Waals surface area contributed by atoms with Crippen LogP contribution in [0.15, 0.2) is 81.3 Å². The van der Waals surface area contributed by atoms with E-state index in [1.54, 1.807) is 67.6 Å². The molecule has 0 radical (unpaired) electrons. The van der Waals surface area contributed by atoms with E-state index in [1.165, 1.54) is 22.6 Å². The smallest absolute Gasteiger partial charge is 0.320 e. The lowest BCUT2D eigenvalue weighted by Crippen LogP contribution is -2.24. The summed E-state index contributed by atoms with van der Waals surface area (Å²) in [6.07, 6.45) is 1.54. The molecular weight excluding hydrogens is 434 g/mol. The molecule has 3 aromatic heterocycles. The van der Waals surface area contributed by atoms with Crippen molar-refractivity contribution in [2.45, 2.75) is 30.4 Å². The average Bonchev–Trinajstić information content (AvgIpc) is 3.44. The van der Waals surface area contributed by atoms with Crippen molar-refractivity contribution in [3.63, 3.8) is 0 Å². The molecule has 3 heterocycles. The van der Waals surface area contributed by atoms with Gasteiger partial charge in [-0.05, 0) is 43.3 Å². The van der Waals surface area contributed by atoms with Gasteiger partial charge in [-0.15, -0.1) is 0 Å². The SMILES string of the molecule is CC(Sc1nc2ccccc2c(=O)n1Cc1ccco1)c1nc2ccccc2n1C(F)F. The first-order valence-corrected chi connectivity index (χ1v) is 10.8. The summed E-state index contributed by atoms with van der Waals surface area (Å²) in [6, 6.07) is 17.4. The van der Waals surface area contributed by atoms with Gasteiger partial charge in [0, 0.05) is 0 Å². The highest BCUT2D eigenvalue weighted by atomic mass is 32.2. The van der Waals surface area contributed by atoms with Crippen molar-refractivity contribution >= 4 is 33.7 Å². The van der Waals surface area contributed by atoms with Gasteiger partial charge in [0.15, 0.2) is 5.16 Å². The molecule has 162 valence electrons. The van der Waals surface area contributed by atoms with E-state index in [0.29, 0.717) is 32.9 Å². The molecule has 9 heteroatoms. The molecule has 0 bridgehead atoms. The molecule has 0 aliphatic carbocycles. The maximum Gasteiger partial charge on any atom is 0.320 e. The number of halogens is 2. The van der Waals surface area contributed by atoms with Gasteiger partial charge in [0.25, 0.3) is 5.56 Å². The molecular formula is C23H18F2N4O2S. The van der Waals surface area contributed by atoms with Crippen LogP contribution in [0.25, 0.3) is 21.9 Å². The molecule has 0 saturated heterocycles. The summed E-state index contributed by atoms with van der Waals surface area (Å²) in [6.45, 7) is -0.775. The summed E-state index contributed by atoms with van der Waals surface area (Å²) in [5.74, 6) is 0.816. The molecule has 1 atom stereocenters. The Hall–Kier alpha value is -3.46. The average molecular weight is 452 g/mol. The van der Waals surface area contributed by atoms with Crippen LogP contribution in [0, 0.1) is 0 Å². The minimum Gasteiger partial charge on any atom is -0.467 e. The number of thioether (sulfide) groups is 1. The number of alkyl halides is 2. The molecule has 2 aromatic carbocycles. The number of imidazole rings is 1. The van der Waals surface area contributed by atoms with Crippen LogP contribution in [0.4, 0.5) is 8.78 Å². The van der Waals surface area contributed by atoms with Crippen LogP contribution >= 0.6 is 11.8 Å². The standard InChI is InChI=1S/C23H18F2N4O2S/c1-14(20-26-18-10-4-5-11-19(18)29(20)22(24)25)32-23-27-17-9-3-2-8-16(17)21(30)28(23)13-15-7-6-12-31-15/h2-12,14,22H,13H2,1H3. The van der Waals surface area contributed by atoms with Crippen molar-refractivity contribution in [3.05, 3.63) is 88.9 Å². The van der Waals surface area contributed by atoms with Crippen LogP contribution in [0.5, 0.6) is 0 Å². The van der Waals surface area contributed by atoms with E-state index in [-0.39, 0.29) is 17.9 Å². The van der Waals surface area contributed by atoms with Crippen molar-refractivity contribution in [1.82, 2.24) is 19.1 Å². The molecule has 0 spiro atoms. The van der Waals surface area contributed by atoms with E-state index in [2.05, 4.69) is 9.97 Å². The fourth-order valence-corrected chi connectivity index (χ4v) is 4.71. The summed E-state index contributed by atoms with van der Waals surface area (Å²) in [5.41, 5.74) is 1.19. The van der Waals surface area contributed by atoms with Gasteiger partial charge in [0.1, 0.15) is 11.6 Å². The number of rotatable bonds is 6. The first-order valence-electron chi connectivity index (χ1n) is 9.96. The molecule has 6 nitrogen and oxygen atoms in total. The van der Waals surface area contributed by atoms with Gasteiger partial charge < -0.3 is 4.42 Å². The fourth-order valence-electron chi connectivity index (χ4n) is 3.70. The predicted octanol–water partition coefficient (Wildman–Crippen LogP) is 5.64. The third kappa shape index (κ3) is 3.58. The summed E-state index contributed by atoms with van der Waals surface area (Å²) in [5, 5.41) is 0.397. The molecule has 0 fully saturated rings. The highest BCUT2D eigenvalue weighted by Crippen LogP contribution is 2.37. The number of furan rings is 1. The van der Waals surface area contributed by atoms with Crippen molar-refractivity contribution < 1.29 is 13.2 Å². The Balaban J connectivity index is 1.61. The van der Waals surface area contributed by atoms with Crippen LogP contribution in [0.2, 0.25) is 0 Å². The quantitative estimate of drug-likeness (QED) is 0.247. The predicted molar refractivity (Wildman–Crippen MR) is 119 cm³/mol. The number of benzene rings is 2. The lowest BCUT2D eigenvalue weighted by molar-refractivity contribution is 0.0715. The molecule has 0 amide bonds. The van der Waals surface area contributed by atoms with E-state index in [1.807, 2.05) is 0 Å². The van der Waals surface area contributed by atoms with E-state index < -0.39 is 11.8 Å². The zero-order valence-corrected chi connectivity index (χ0v) is 17.8. The third-order valence-electron chi connectivity index (χ3n) is 5.18. The van der Waals surface area contributed by atoms with Gasteiger partial charge in [-0.2, -0.15) is 8.78 Å². The normalized spacial score (nSPS) is 12.8. The highest BCUT2D eigenvalue weighted by molar-refractivity contribution is 7.99. The van der Waals surface area contributed by atoms with Crippen LogP contribution in [-0.2, 0) is 6.54 Å². The summed E-state index contributed by atoms with van der Waals surface area (Å²) in [7, 11) is 0. The minimum atomic E-state index is -2.74. The lowest BCUT2D eigenvalue weighted by Gasteiger charge is -2.17. The highest BCUT2D eigenvalue weighted by Gasteiger charge is 2.24. The van der Waals surface area contributed by atoms with Gasteiger partial charge in [-0.3, -0.25) is 13.9 Å². The number of para-hydroxylation sites is 3. The van der Waals surface area contributed by atoms with E-state index in [0.717, 1.165) is 4.57 Å². The minimum absolute atomic E-state index is 0.185. The second-order valence-electron chi connectivity index (χ2n) is 7.25. The number of hydrogen-bond acceptors (Lipinski definition) is 5. The zero-order chi connectivity index (χ0) is 22.2. The summed E-state index contributed by atoms with van der Waals surface area (Å²) < 4.78 is 35.7. The van der Waals surface area contributed by atoms with Crippen molar-refractivity contribution in [3.8, 4) is 0 Å². The Morgan fingerprint density at radius 1 is 1.00 bits per heavy atom. The number of aromatic nitrogens is 4. The molecule has 0 N–H and O–H groups in total. The first-order chi connectivity index (χ1) is 15.5. The number of nitrogens with zero attached hydrogens (tertiary/aromatic N) is 4. The van der Waals surface area contributed by atoms with Gasteiger partial charge in [-0.1, -0.05) is 36.0 Å². The molecule has 0 aliphatic rings. The number of hydrogen-bond donors (Lipinski definition) is 0. The van der Waals surface area contributed by atoms with Crippen molar-refractivity contribution in [1.29, 1.82) is 0 Å². The van der Waals surface area contributed by atoms with Crippen LogP contribution < -0.4 is 5.56 Å². The summed E-state index contributed by atoms with van der Waals surface area (Å²) in [4.78, 5) is 22.4. The Morgan fingerprint density at radius 3 is 2.50 bits per heavy atom. The summed E-state index contributed by atoms with van der Waals surface area (Å²) >= 11 is 1.21. The second kappa shape index (κ2) is 8.23. The molecule has 32 heavy (non-hydrogen) atoms. The fraction of sp³-hybridized carbons (Fsp3) is 0.174. The zero-order valence-electron chi connectivity index (χ0n) is 17.0. The van der Waals surface area contributed by atoms with Crippen LogP contribution in [0.1, 0.15) is 30.3 Å². The molecule has 0 saturated carbocycles. The molecule has 0 aliphatic heterocycles. The lowest BCUT2D eigenvalue weighted by atomic mass is 10.2.